The lowest BCUT2D eigenvalue weighted by Crippen LogP contribution is -2.22. The van der Waals surface area contributed by atoms with Crippen LogP contribution in [0.1, 0.15) is 43.4 Å². The van der Waals surface area contributed by atoms with Gasteiger partial charge in [0.1, 0.15) is 5.76 Å². The molecule has 1 saturated carbocycles. The Kier molecular flexibility index (Phi) is 7.82. The first-order chi connectivity index (χ1) is 16.5. The van der Waals surface area contributed by atoms with Crippen LogP contribution in [0.25, 0.3) is 6.08 Å². The summed E-state index contributed by atoms with van der Waals surface area (Å²) < 4.78 is 32.4. The molecule has 1 aliphatic rings. The highest BCUT2D eigenvalue weighted by Gasteiger charge is 2.14. The number of nitrogens with one attached hydrogen (secondary N) is 3. The quantitative estimate of drug-likeness (QED) is 0.368. The molecule has 4 rings (SSSR count). The highest BCUT2D eigenvalue weighted by molar-refractivity contribution is 7.89. The number of hydrogen-bond donors (Lipinski definition) is 3. The van der Waals surface area contributed by atoms with Crippen LogP contribution in [0, 0.1) is 0 Å². The minimum absolute atomic E-state index is 0.0782. The molecule has 1 heterocycles. The summed E-state index contributed by atoms with van der Waals surface area (Å²) in [4.78, 5) is 12.4. The number of rotatable bonds is 9. The lowest BCUT2D eigenvalue weighted by Gasteiger charge is -2.23. The zero-order valence-electron chi connectivity index (χ0n) is 18.9. The second kappa shape index (κ2) is 11.2. The highest BCUT2D eigenvalue weighted by atomic mass is 32.2. The zero-order chi connectivity index (χ0) is 23.8. The van der Waals surface area contributed by atoms with Crippen molar-refractivity contribution in [2.24, 2.45) is 0 Å². The molecule has 1 amide bonds. The van der Waals surface area contributed by atoms with E-state index in [0.717, 1.165) is 5.69 Å². The van der Waals surface area contributed by atoms with E-state index in [1.54, 1.807) is 30.3 Å². The van der Waals surface area contributed by atoms with Gasteiger partial charge in [0.25, 0.3) is 0 Å². The van der Waals surface area contributed by atoms with Crippen molar-refractivity contribution in [2.75, 3.05) is 10.6 Å². The molecule has 1 aliphatic carbocycles. The van der Waals surface area contributed by atoms with Gasteiger partial charge in [-0.05, 0) is 73.0 Å². The van der Waals surface area contributed by atoms with Crippen molar-refractivity contribution in [1.82, 2.24) is 4.72 Å². The third kappa shape index (κ3) is 6.82. The van der Waals surface area contributed by atoms with Crippen molar-refractivity contribution >= 4 is 33.4 Å². The Balaban J connectivity index is 1.27. The van der Waals surface area contributed by atoms with Gasteiger partial charge in [0.05, 0.1) is 17.7 Å². The fourth-order valence-corrected chi connectivity index (χ4v) is 4.90. The van der Waals surface area contributed by atoms with E-state index in [2.05, 4.69) is 15.4 Å². The van der Waals surface area contributed by atoms with Crippen LogP contribution in [0.15, 0.2) is 82.3 Å². The summed E-state index contributed by atoms with van der Waals surface area (Å²) in [6.07, 6.45) is 10.8. The van der Waals surface area contributed by atoms with E-state index in [1.165, 1.54) is 56.6 Å². The van der Waals surface area contributed by atoms with E-state index >= 15 is 0 Å². The number of sulfonamides is 1. The molecule has 178 valence electrons. The molecule has 7 nitrogen and oxygen atoms in total. The Bertz CT molecular complexity index is 1200. The molecular formula is C26H29N3O4S. The van der Waals surface area contributed by atoms with Gasteiger partial charge in [-0.15, -0.1) is 0 Å². The van der Waals surface area contributed by atoms with Gasteiger partial charge in [0, 0.05) is 23.5 Å². The Morgan fingerprint density at radius 3 is 2.32 bits per heavy atom. The molecule has 0 radical (unpaired) electrons. The van der Waals surface area contributed by atoms with E-state index in [0.29, 0.717) is 23.1 Å². The number of benzene rings is 2. The number of furan rings is 1. The van der Waals surface area contributed by atoms with Gasteiger partial charge in [0.15, 0.2) is 0 Å². The lowest BCUT2D eigenvalue weighted by atomic mass is 9.95. The molecule has 0 spiro atoms. The van der Waals surface area contributed by atoms with Gasteiger partial charge in [-0.25, -0.2) is 13.1 Å². The van der Waals surface area contributed by atoms with Gasteiger partial charge in [-0.1, -0.05) is 31.4 Å². The number of carbonyl (C=O) groups excluding carboxylic acids is 1. The van der Waals surface area contributed by atoms with Crippen molar-refractivity contribution < 1.29 is 17.6 Å². The predicted molar refractivity (Wildman–Crippen MR) is 134 cm³/mol. The number of amides is 1. The monoisotopic (exact) mass is 479 g/mol. The summed E-state index contributed by atoms with van der Waals surface area (Å²) in [6.45, 7) is 0.0782. The SMILES string of the molecule is O=C(/C=C/c1ccc(S(=O)(=O)NCc2ccco2)cc1)Nc1ccc(NC2CCCCC2)cc1. The summed E-state index contributed by atoms with van der Waals surface area (Å²) in [5.41, 5.74) is 2.49. The Morgan fingerprint density at radius 1 is 0.941 bits per heavy atom. The maximum Gasteiger partial charge on any atom is 0.248 e. The van der Waals surface area contributed by atoms with E-state index in [1.807, 2.05) is 24.3 Å². The van der Waals surface area contributed by atoms with Gasteiger partial charge in [-0.3, -0.25) is 4.79 Å². The van der Waals surface area contributed by atoms with E-state index in [4.69, 9.17) is 4.42 Å². The van der Waals surface area contributed by atoms with Crippen LogP contribution in [0.4, 0.5) is 11.4 Å². The smallest absolute Gasteiger partial charge is 0.248 e. The first kappa shape index (κ1) is 23.8. The third-order valence-electron chi connectivity index (χ3n) is 5.76. The van der Waals surface area contributed by atoms with Crippen molar-refractivity contribution in [3.63, 3.8) is 0 Å². The van der Waals surface area contributed by atoms with E-state index in [9.17, 15) is 13.2 Å². The predicted octanol–water partition coefficient (Wildman–Crippen LogP) is 5.15. The molecule has 3 aromatic rings. The van der Waals surface area contributed by atoms with Crippen molar-refractivity contribution in [3.05, 3.63) is 84.3 Å². The van der Waals surface area contributed by atoms with Crippen molar-refractivity contribution in [3.8, 4) is 0 Å². The molecule has 1 aromatic heterocycles. The summed E-state index contributed by atoms with van der Waals surface area (Å²) in [5.74, 6) is 0.272. The molecule has 34 heavy (non-hydrogen) atoms. The lowest BCUT2D eigenvalue weighted by molar-refractivity contribution is -0.111. The van der Waals surface area contributed by atoms with Gasteiger partial charge in [-0.2, -0.15) is 0 Å². The fourth-order valence-electron chi connectivity index (χ4n) is 3.91. The van der Waals surface area contributed by atoms with E-state index in [-0.39, 0.29) is 17.3 Å². The van der Waals surface area contributed by atoms with Gasteiger partial charge < -0.3 is 15.1 Å². The fraction of sp³-hybridized carbons (Fsp3) is 0.269. The van der Waals surface area contributed by atoms with Crippen molar-refractivity contribution in [1.29, 1.82) is 0 Å². The maximum atomic E-state index is 12.4. The van der Waals surface area contributed by atoms with Gasteiger partial charge >= 0.3 is 0 Å². The van der Waals surface area contributed by atoms with Crippen molar-refractivity contribution in [2.45, 2.75) is 49.6 Å². The van der Waals surface area contributed by atoms with Crippen LogP contribution < -0.4 is 15.4 Å². The molecule has 0 atom stereocenters. The van der Waals surface area contributed by atoms with Crippen LogP contribution in [0.3, 0.4) is 0 Å². The first-order valence-electron chi connectivity index (χ1n) is 11.5. The largest absolute Gasteiger partial charge is 0.468 e. The molecule has 8 heteroatoms. The first-order valence-corrected chi connectivity index (χ1v) is 12.9. The second-order valence-corrected chi connectivity index (χ2v) is 10.1. The van der Waals surface area contributed by atoms with E-state index < -0.39 is 10.0 Å². The standard InChI is InChI=1S/C26H29N3O4S/c30-26(29-23-13-11-22(12-14-23)28-21-5-2-1-3-6-21)17-10-20-8-15-25(16-9-20)34(31,32)27-19-24-7-4-18-33-24/h4,7-18,21,27-28H,1-3,5-6,19H2,(H,29,30)/b17-10+. The average Bonchev–Trinajstić information content (AvgIpc) is 3.38. The van der Waals surface area contributed by atoms with Gasteiger partial charge in [0.2, 0.25) is 15.9 Å². The Labute approximate surface area is 200 Å². The second-order valence-electron chi connectivity index (χ2n) is 8.35. The van der Waals surface area contributed by atoms with Crippen LogP contribution in [0.5, 0.6) is 0 Å². The topological polar surface area (TPSA) is 100 Å². The Morgan fingerprint density at radius 2 is 1.65 bits per heavy atom. The molecular weight excluding hydrogens is 450 g/mol. The summed E-state index contributed by atoms with van der Waals surface area (Å²) in [6, 6.07) is 18.0. The molecule has 0 saturated heterocycles. The summed E-state index contributed by atoms with van der Waals surface area (Å²) in [7, 11) is -3.66. The molecule has 0 aliphatic heterocycles. The Hall–Kier alpha value is -3.36. The molecule has 3 N–H and O–H groups in total. The summed E-state index contributed by atoms with van der Waals surface area (Å²) >= 11 is 0. The van der Waals surface area contributed by atoms with Crippen LogP contribution in [-0.4, -0.2) is 20.4 Å². The molecule has 2 aromatic carbocycles. The summed E-state index contributed by atoms with van der Waals surface area (Å²) in [5, 5.41) is 6.40. The molecule has 1 fully saturated rings. The average molecular weight is 480 g/mol. The normalized spacial score (nSPS) is 14.8. The van der Waals surface area contributed by atoms with Crippen LogP contribution in [0.2, 0.25) is 0 Å². The van der Waals surface area contributed by atoms with Crippen LogP contribution >= 0.6 is 0 Å². The highest BCUT2D eigenvalue weighted by Crippen LogP contribution is 2.22. The number of anilines is 2. The molecule has 0 unspecified atom stereocenters. The minimum atomic E-state index is -3.66. The molecule has 0 bridgehead atoms. The third-order valence-corrected chi connectivity index (χ3v) is 7.18. The minimum Gasteiger partial charge on any atom is -0.468 e. The maximum absolute atomic E-state index is 12.4. The zero-order valence-corrected chi connectivity index (χ0v) is 19.7. The van der Waals surface area contributed by atoms with Crippen LogP contribution in [-0.2, 0) is 21.4 Å². The number of hydrogen-bond acceptors (Lipinski definition) is 5. The number of carbonyl (C=O) groups is 1.